The van der Waals surface area contributed by atoms with Crippen LogP contribution in [0.15, 0.2) is 66.7 Å². The number of hydrogen-bond donors (Lipinski definition) is 2. The highest BCUT2D eigenvalue weighted by Crippen LogP contribution is 2.31. The van der Waals surface area contributed by atoms with Crippen molar-refractivity contribution < 1.29 is 9.59 Å². The summed E-state index contributed by atoms with van der Waals surface area (Å²) in [6.45, 7) is 6.83. The lowest BCUT2D eigenvalue weighted by Crippen LogP contribution is -2.24. The number of nitrogens with zero attached hydrogens (tertiary/aromatic N) is 5. The van der Waals surface area contributed by atoms with E-state index in [2.05, 4.69) is 67.8 Å². The summed E-state index contributed by atoms with van der Waals surface area (Å²) in [5, 5.41) is 17.6. The monoisotopic (exact) mass is 563 g/mol. The Balaban J connectivity index is 1.41. The van der Waals surface area contributed by atoms with E-state index in [9.17, 15) is 9.59 Å². The molecule has 216 valence electrons. The number of aldehydes is 1. The molecule has 0 aliphatic rings. The van der Waals surface area contributed by atoms with Crippen LogP contribution >= 0.6 is 0 Å². The molecular formula is C33H37N7O2. The highest BCUT2D eigenvalue weighted by atomic mass is 16.1. The molecule has 5 rings (SSSR count). The second-order valence-corrected chi connectivity index (χ2v) is 11.2. The van der Waals surface area contributed by atoms with Gasteiger partial charge in [0.25, 0.3) is 0 Å². The van der Waals surface area contributed by atoms with Crippen LogP contribution in [0, 0.1) is 5.41 Å². The van der Waals surface area contributed by atoms with Gasteiger partial charge in [-0.1, -0.05) is 75.7 Å². The Bertz CT molecular complexity index is 1660. The molecule has 0 bridgehead atoms. The van der Waals surface area contributed by atoms with Gasteiger partial charge in [0.15, 0.2) is 0 Å². The summed E-state index contributed by atoms with van der Waals surface area (Å²) >= 11 is 0. The van der Waals surface area contributed by atoms with E-state index in [1.165, 1.54) is 0 Å². The lowest BCUT2D eigenvalue weighted by molar-refractivity contribution is -0.119. The lowest BCUT2D eigenvalue weighted by atomic mass is 9.81. The number of unbranched alkanes of at least 4 members (excludes halogenated alkanes) is 1. The molecule has 3 aromatic carbocycles. The number of carbonyl (C=O) groups excluding carboxylic acids is 2. The van der Waals surface area contributed by atoms with Crippen molar-refractivity contribution in [1.82, 2.24) is 30.2 Å². The molecule has 0 aliphatic carbocycles. The molecule has 0 spiro atoms. The zero-order valence-electron chi connectivity index (χ0n) is 24.4. The summed E-state index contributed by atoms with van der Waals surface area (Å²) in [5.74, 6) is 1.51. The number of benzene rings is 3. The largest absolute Gasteiger partial charge is 0.326 e. The maximum absolute atomic E-state index is 12.9. The highest BCUT2D eigenvalue weighted by Gasteiger charge is 2.25. The van der Waals surface area contributed by atoms with Crippen LogP contribution in [0.25, 0.3) is 33.5 Å². The van der Waals surface area contributed by atoms with Crippen molar-refractivity contribution in [3.8, 4) is 22.5 Å². The van der Waals surface area contributed by atoms with Crippen molar-refractivity contribution >= 4 is 28.9 Å². The van der Waals surface area contributed by atoms with E-state index in [1.807, 2.05) is 50.2 Å². The minimum Gasteiger partial charge on any atom is -0.326 e. The molecule has 5 aromatic rings. The molecule has 2 aromatic heterocycles. The first-order valence-corrected chi connectivity index (χ1v) is 14.6. The SMILES string of the molecule is CCCCc1nc2ccc(NC(=O)CC(C)(CC)CC=O)cc2n1Cc1ccc(-c2ccccc2-c2nn[nH]n2)cc1. The van der Waals surface area contributed by atoms with Gasteiger partial charge < -0.3 is 14.7 Å². The number of H-pyrrole nitrogens is 1. The van der Waals surface area contributed by atoms with Crippen LogP contribution in [0.1, 0.15) is 64.3 Å². The number of tetrazole rings is 1. The van der Waals surface area contributed by atoms with Crippen LogP contribution in [0.2, 0.25) is 0 Å². The highest BCUT2D eigenvalue weighted by molar-refractivity contribution is 5.93. The van der Waals surface area contributed by atoms with Crippen LogP contribution in [0.3, 0.4) is 0 Å². The van der Waals surface area contributed by atoms with E-state index in [0.29, 0.717) is 25.2 Å². The van der Waals surface area contributed by atoms with Crippen molar-refractivity contribution in [2.75, 3.05) is 5.32 Å². The smallest absolute Gasteiger partial charge is 0.224 e. The minimum absolute atomic E-state index is 0.0884. The predicted molar refractivity (Wildman–Crippen MR) is 165 cm³/mol. The van der Waals surface area contributed by atoms with Gasteiger partial charge in [-0.05, 0) is 58.4 Å². The number of aromatic amines is 1. The molecular weight excluding hydrogens is 526 g/mol. The summed E-state index contributed by atoms with van der Waals surface area (Å²) in [4.78, 5) is 29.0. The first-order chi connectivity index (χ1) is 20.4. The van der Waals surface area contributed by atoms with Crippen molar-refractivity contribution in [2.45, 2.75) is 65.8 Å². The van der Waals surface area contributed by atoms with E-state index in [-0.39, 0.29) is 11.3 Å². The van der Waals surface area contributed by atoms with Crippen molar-refractivity contribution in [1.29, 1.82) is 0 Å². The molecule has 1 atom stereocenters. The Morgan fingerprint density at radius 2 is 1.83 bits per heavy atom. The number of fused-ring (bicyclic) bond motifs is 1. The van der Waals surface area contributed by atoms with Crippen molar-refractivity contribution in [3.05, 3.63) is 78.1 Å². The van der Waals surface area contributed by atoms with E-state index in [4.69, 9.17) is 4.98 Å². The zero-order chi connectivity index (χ0) is 29.5. The maximum atomic E-state index is 12.9. The van der Waals surface area contributed by atoms with Crippen molar-refractivity contribution in [2.24, 2.45) is 5.41 Å². The number of carbonyl (C=O) groups is 2. The fourth-order valence-corrected chi connectivity index (χ4v) is 5.27. The average molecular weight is 564 g/mol. The Morgan fingerprint density at radius 1 is 1.05 bits per heavy atom. The molecule has 1 amide bonds. The number of aryl methyl sites for hydroxylation is 1. The minimum atomic E-state index is -0.344. The lowest BCUT2D eigenvalue weighted by Gasteiger charge is -2.24. The molecule has 0 fully saturated rings. The Kier molecular flexibility index (Phi) is 8.85. The fourth-order valence-electron chi connectivity index (χ4n) is 5.27. The zero-order valence-corrected chi connectivity index (χ0v) is 24.4. The maximum Gasteiger partial charge on any atom is 0.224 e. The van der Waals surface area contributed by atoms with Gasteiger partial charge in [0.05, 0.1) is 11.0 Å². The van der Waals surface area contributed by atoms with Gasteiger partial charge in [0, 0.05) is 37.1 Å². The van der Waals surface area contributed by atoms with Gasteiger partial charge in [-0.25, -0.2) is 4.98 Å². The van der Waals surface area contributed by atoms with Crippen LogP contribution < -0.4 is 5.32 Å². The quantitative estimate of drug-likeness (QED) is 0.156. The van der Waals surface area contributed by atoms with E-state index in [0.717, 1.165) is 76.8 Å². The van der Waals surface area contributed by atoms with Crippen LogP contribution in [-0.4, -0.2) is 42.4 Å². The molecule has 2 N–H and O–H groups in total. The third-order valence-electron chi connectivity index (χ3n) is 8.00. The summed E-state index contributed by atoms with van der Waals surface area (Å²) in [6.07, 6.45) is 5.32. The number of nitrogens with one attached hydrogen (secondary N) is 2. The number of rotatable bonds is 13. The number of imidazole rings is 1. The Morgan fingerprint density at radius 3 is 2.52 bits per heavy atom. The first-order valence-electron chi connectivity index (χ1n) is 14.6. The third kappa shape index (κ3) is 6.46. The summed E-state index contributed by atoms with van der Waals surface area (Å²) in [7, 11) is 0. The van der Waals surface area contributed by atoms with E-state index >= 15 is 0 Å². The molecule has 42 heavy (non-hydrogen) atoms. The molecule has 0 aliphatic heterocycles. The van der Waals surface area contributed by atoms with Gasteiger partial charge >= 0.3 is 0 Å². The molecule has 9 heteroatoms. The second kappa shape index (κ2) is 12.9. The third-order valence-corrected chi connectivity index (χ3v) is 8.00. The van der Waals surface area contributed by atoms with Gasteiger partial charge in [-0.2, -0.15) is 5.21 Å². The standard InChI is InChI=1S/C33H37N7O2/c1-4-6-11-30-35-28-17-16-25(34-31(42)21-33(3,5-2)18-19-41)20-29(28)40(30)22-23-12-14-24(15-13-23)26-9-7-8-10-27(26)32-36-38-39-37-32/h7-10,12-17,19-20H,4-6,11,18,21-22H2,1-3H3,(H,34,42)(H,36,37,38,39). The van der Waals surface area contributed by atoms with Crippen LogP contribution in [0.4, 0.5) is 5.69 Å². The predicted octanol–water partition coefficient (Wildman–Crippen LogP) is 6.61. The fraction of sp³-hybridized carbons (Fsp3) is 0.333. The summed E-state index contributed by atoms with van der Waals surface area (Å²) in [5.41, 5.74) is 6.45. The number of anilines is 1. The van der Waals surface area contributed by atoms with E-state index in [1.54, 1.807) is 0 Å². The molecule has 0 radical (unpaired) electrons. The van der Waals surface area contributed by atoms with Gasteiger partial charge in [-0.3, -0.25) is 4.79 Å². The van der Waals surface area contributed by atoms with E-state index < -0.39 is 0 Å². The number of amides is 1. The Hall–Kier alpha value is -4.66. The average Bonchev–Trinajstić information content (AvgIpc) is 3.65. The van der Waals surface area contributed by atoms with Crippen LogP contribution in [-0.2, 0) is 22.6 Å². The molecule has 0 saturated heterocycles. The molecule has 1 unspecified atom stereocenters. The second-order valence-electron chi connectivity index (χ2n) is 11.2. The van der Waals surface area contributed by atoms with Gasteiger partial charge in [-0.15, -0.1) is 10.2 Å². The van der Waals surface area contributed by atoms with Gasteiger partial charge in [0.1, 0.15) is 12.1 Å². The number of hydrogen-bond acceptors (Lipinski definition) is 6. The van der Waals surface area contributed by atoms with Crippen LogP contribution in [0.5, 0.6) is 0 Å². The normalized spacial score (nSPS) is 12.7. The molecule has 2 heterocycles. The van der Waals surface area contributed by atoms with Crippen molar-refractivity contribution in [3.63, 3.8) is 0 Å². The topological polar surface area (TPSA) is 118 Å². The summed E-state index contributed by atoms with van der Waals surface area (Å²) < 4.78 is 2.26. The molecule has 0 saturated carbocycles. The first kappa shape index (κ1) is 28.9. The Labute approximate surface area is 245 Å². The van der Waals surface area contributed by atoms with Gasteiger partial charge in [0.2, 0.25) is 11.7 Å². The number of aromatic nitrogens is 6. The summed E-state index contributed by atoms with van der Waals surface area (Å²) in [6, 6.07) is 22.4. The molecule has 9 nitrogen and oxygen atoms in total.